The lowest BCUT2D eigenvalue weighted by atomic mass is 9.99. The smallest absolute Gasteiger partial charge is 0.243 e. The zero-order valence-electron chi connectivity index (χ0n) is 12.2. The molecule has 0 aliphatic rings. The normalized spacial score (nSPS) is 15.5. The number of hydrogen-bond acceptors (Lipinski definition) is 3. The highest BCUT2D eigenvalue weighted by molar-refractivity contribution is 7.89. The molecule has 19 heavy (non-hydrogen) atoms. The van der Waals surface area contributed by atoms with Gasteiger partial charge in [-0.2, -0.15) is 4.31 Å². The molecule has 0 fully saturated rings. The maximum Gasteiger partial charge on any atom is 0.243 e. The molecule has 1 unspecified atom stereocenters. The lowest BCUT2D eigenvalue weighted by Crippen LogP contribution is -2.53. The van der Waals surface area contributed by atoms with E-state index >= 15 is 0 Å². The molecule has 2 N–H and O–H groups in total. The van der Waals surface area contributed by atoms with E-state index in [9.17, 15) is 8.42 Å². The van der Waals surface area contributed by atoms with E-state index in [0.29, 0.717) is 24.4 Å². The van der Waals surface area contributed by atoms with E-state index in [-0.39, 0.29) is 0 Å². The van der Waals surface area contributed by atoms with E-state index in [1.165, 1.54) is 4.31 Å². The van der Waals surface area contributed by atoms with Crippen molar-refractivity contribution in [3.8, 4) is 0 Å². The van der Waals surface area contributed by atoms with Gasteiger partial charge in [0.05, 0.1) is 4.90 Å². The third-order valence-corrected chi connectivity index (χ3v) is 5.85. The van der Waals surface area contributed by atoms with Crippen molar-refractivity contribution in [2.24, 2.45) is 5.73 Å². The summed E-state index contributed by atoms with van der Waals surface area (Å²) in [4.78, 5) is 0.327. The van der Waals surface area contributed by atoms with Crippen molar-refractivity contribution in [3.05, 3.63) is 29.8 Å². The van der Waals surface area contributed by atoms with Crippen LogP contribution in [0.2, 0.25) is 0 Å². The van der Waals surface area contributed by atoms with Gasteiger partial charge in [0, 0.05) is 18.6 Å². The van der Waals surface area contributed by atoms with Crippen LogP contribution in [-0.4, -0.2) is 31.4 Å². The van der Waals surface area contributed by atoms with Gasteiger partial charge in [-0.05, 0) is 32.4 Å². The van der Waals surface area contributed by atoms with Crippen molar-refractivity contribution in [1.29, 1.82) is 0 Å². The van der Waals surface area contributed by atoms with Crippen LogP contribution in [0.5, 0.6) is 0 Å². The second-order valence-electron chi connectivity index (χ2n) is 5.04. The van der Waals surface area contributed by atoms with Crippen molar-refractivity contribution in [1.82, 2.24) is 4.31 Å². The van der Waals surface area contributed by atoms with Crippen molar-refractivity contribution < 1.29 is 8.42 Å². The standard InChI is InChI=1S/C14H24N2O2S/c1-5-14(4,11-15)16(6-2)19(17,18)13-9-7-12(3)8-10-13/h7-10H,5-6,11,15H2,1-4H3. The fourth-order valence-corrected chi connectivity index (χ4v) is 3.96. The van der Waals surface area contributed by atoms with Crippen LogP contribution < -0.4 is 5.73 Å². The Morgan fingerprint density at radius 2 is 1.74 bits per heavy atom. The van der Waals surface area contributed by atoms with Gasteiger partial charge in [-0.15, -0.1) is 0 Å². The molecule has 5 heteroatoms. The lowest BCUT2D eigenvalue weighted by molar-refractivity contribution is 0.214. The Morgan fingerprint density at radius 1 is 1.21 bits per heavy atom. The monoisotopic (exact) mass is 284 g/mol. The first-order valence-corrected chi connectivity index (χ1v) is 8.05. The molecule has 0 aliphatic carbocycles. The van der Waals surface area contributed by atoms with Gasteiger partial charge in [-0.1, -0.05) is 31.5 Å². The Kier molecular flexibility index (Phi) is 5.12. The number of sulfonamides is 1. The minimum atomic E-state index is -3.50. The molecule has 1 aromatic rings. The van der Waals surface area contributed by atoms with Gasteiger partial charge < -0.3 is 5.73 Å². The molecule has 0 saturated carbocycles. The number of benzene rings is 1. The molecule has 1 aromatic carbocycles. The summed E-state index contributed by atoms with van der Waals surface area (Å²) >= 11 is 0. The summed E-state index contributed by atoms with van der Waals surface area (Å²) in [5.74, 6) is 0. The highest BCUT2D eigenvalue weighted by Crippen LogP contribution is 2.26. The molecule has 0 spiro atoms. The molecule has 108 valence electrons. The average molecular weight is 284 g/mol. The third-order valence-electron chi connectivity index (χ3n) is 3.70. The fraction of sp³-hybridized carbons (Fsp3) is 0.571. The number of nitrogens with two attached hydrogens (primary N) is 1. The maximum atomic E-state index is 12.7. The van der Waals surface area contributed by atoms with Gasteiger partial charge >= 0.3 is 0 Å². The second-order valence-corrected chi connectivity index (χ2v) is 6.90. The summed E-state index contributed by atoms with van der Waals surface area (Å²) in [6.45, 7) is 8.35. The van der Waals surface area contributed by atoms with Gasteiger partial charge in [0.25, 0.3) is 0 Å². The number of rotatable bonds is 6. The number of aryl methyl sites for hydroxylation is 1. The molecule has 0 bridgehead atoms. The molecule has 0 aliphatic heterocycles. The largest absolute Gasteiger partial charge is 0.329 e. The summed E-state index contributed by atoms with van der Waals surface area (Å²) in [5.41, 5.74) is 6.28. The van der Waals surface area contributed by atoms with Crippen LogP contribution in [0.15, 0.2) is 29.2 Å². The predicted molar refractivity (Wildman–Crippen MR) is 78.5 cm³/mol. The first kappa shape index (κ1) is 16.1. The zero-order chi connectivity index (χ0) is 14.7. The van der Waals surface area contributed by atoms with Crippen LogP contribution in [0.1, 0.15) is 32.8 Å². The third kappa shape index (κ3) is 3.16. The highest BCUT2D eigenvalue weighted by atomic mass is 32.2. The van der Waals surface area contributed by atoms with Gasteiger partial charge in [0.1, 0.15) is 0 Å². The molecule has 1 rings (SSSR count). The van der Waals surface area contributed by atoms with Crippen LogP contribution in [0.25, 0.3) is 0 Å². The summed E-state index contributed by atoms with van der Waals surface area (Å²) in [7, 11) is -3.50. The van der Waals surface area contributed by atoms with E-state index in [0.717, 1.165) is 5.56 Å². The summed E-state index contributed by atoms with van der Waals surface area (Å²) < 4.78 is 26.9. The summed E-state index contributed by atoms with van der Waals surface area (Å²) in [6, 6.07) is 6.93. The SMILES string of the molecule is CCN(C(C)(CC)CN)S(=O)(=O)c1ccc(C)cc1. The fourth-order valence-electron chi connectivity index (χ4n) is 2.10. The average Bonchev–Trinajstić information content (AvgIpc) is 2.39. The molecular weight excluding hydrogens is 260 g/mol. The van der Waals surface area contributed by atoms with Crippen molar-refractivity contribution in [3.63, 3.8) is 0 Å². The molecule has 0 saturated heterocycles. The van der Waals surface area contributed by atoms with E-state index in [2.05, 4.69) is 0 Å². The van der Waals surface area contributed by atoms with Crippen LogP contribution in [0, 0.1) is 6.92 Å². The van der Waals surface area contributed by atoms with Crippen LogP contribution in [0.3, 0.4) is 0 Å². The van der Waals surface area contributed by atoms with Crippen LogP contribution >= 0.6 is 0 Å². The number of likely N-dealkylation sites (N-methyl/N-ethyl adjacent to an activating group) is 1. The van der Waals surface area contributed by atoms with E-state index in [4.69, 9.17) is 5.73 Å². The predicted octanol–water partition coefficient (Wildman–Crippen LogP) is 2.13. The van der Waals surface area contributed by atoms with Gasteiger partial charge in [0.15, 0.2) is 0 Å². The Morgan fingerprint density at radius 3 is 2.11 bits per heavy atom. The Balaban J connectivity index is 3.27. The summed E-state index contributed by atoms with van der Waals surface area (Å²) in [5, 5.41) is 0. The molecule has 1 atom stereocenters. The second kappa shape index (κ2) is 6.03. The van der Waals surface area contributed by atoms with Gasteiger partial charge in [-0.25, -0.2) is 8.42 Å². The number of nitrogens with zero attached hydrogens (tertiary/aromatic N) is 1. The molecule has 4 nitrogen and oxygen atoms in total. The molecule has 0 aromatic heterocycles. The quantitative estimate of drug-likeness (QED) is 0.870. The van der Waals surface area contributed by atoms with Crippen molar-refractivity contribution >= 4 is 10.0 Å². The van der Waals surface area contributed by atoms with Gasteiger partial charge in [-0.3, -0.25) is 0 Å². The molecule has 0 radical (unpaired) electrons. The molecule has 0 heterocycles. The van der Waals surface area contributed by atoms with Gasteiger partial charge in [0.2, 0.25) is 10.0 Å². The Labute approximate surface area is 116 Å². The summed E-state index contributed by atoms with van der Waals surface area (Å²) in [6.07, 6.45) is 0.683. The number of hydrogen-bond donors (Lipinski definition) is 1. The molecular formula is C14H24N2O2S. The topological polar surface area (TPSA) is 63.4 Å². The minimum Gasteiger partial charge on any atom is -0.329 e. The first-order chi connectivity index (χ1) is 8.81. The molecule has 0 amide bonds. The van der Waals surface area contributed by atoms with Crippen LogP contribution in [0.4, 0.5) is 0 Å². The Hall–Kier alpha value is -0.910. The maximum absolute atomic E-state index is 12.7. The van der Waals surface area contributed by atoms with Crippen molar-refractivity contribution in [2.75, 3.05) is 13.1 Å². The van der Waals surface area contributed by atoms with Crippen LogP contribution in [-0.2, 0) is 10.0 Å². The zero-order valence-corrected chi connectivity index (χ0v) is 13.0. The van der Waals surface area contributed by atoms with E-state index in [1.54, 1.807) is 12.1 Å². The Bertz CT molecular complexity index is 505. The van der Waals surface area contributed by atoms with E-state index < -0.39 is 15.6 Å². The van der Waals surface area contributed by atoms with Crippen molar-refractivity contribution in [2.45, 2.75) is 44.6 Å². The van der Waals surface area contributed by atoms with E-state index in [1.807, 2.05) is 39.8 Å². The first-order valence-electron chi connectivity index (χ1n) is 6.61. The minimum absolute atomic E-state index is 0.308. The highest BCUT2D eigenvalue weighted by Gasteiger charge is 2.37. The lowest BCUT2D eigenvalue weighted by Gasteiger charge is -2.38.